The predicted molar refractivity (Wildman–Crippen MR) is 42.2 cm³/mol. The second-order valence-electron chi connectivity index (χ2n) is 1.83. The van der Waals surface area contributed by atoms with Gasteiger partial charge in [0, 0.05) is 6.54 Å². The van der Waals surface area contributed by atoms with Crippen LogP contribution >= 0.6 is 11.8 Å². The maximum Gasteiger partial charge on any atom is 0.0968 e. The van der Waals surface area contributed by atoms with Crippen molar-refractivity contribution in [2.45, 2.75) is 13.8 Å². The molecule has 2 nitrogen and oxygen atoms in total. The van der Waals surface area contributed by atoms with E-state index in [-0.39, 0.29) is 0 Å². The molecule has 0 unspecified atom stereocenters. The molecule has 0 aliphatic carbocycles. The van der Waals surface area contributed by atoms with Crippen LogP contribution in [0.3, 0.4) is 0 Å². The standard InChI is InChI=1S/C6H10N2S/c1-4-8-6(3)9-5(2)7-8/h3-4H2,1-2H3. The Hall–Kier alpha value is -0.440. The Morgan fingerprint density at radius 1 is 1.78 bits per heavy atom. The van der Waals surface area contributed by atoms with Crippen LogP contribution in [0.25, 0.3) is 0 Å². The van der Waals surface area contributed by atoms with Crippen molar-refractivity contribution in [1.29, 1.82) is 0 Å². The van der Waals surface area contributed by atoms with Crippen molar-refractivity contribution in [3.05, 3.63) is 11.6 Å². The average molecular weight is 142 g/mol. The van der Waals surface area contributed by atoms with E-state index in [1.807, 2.05) is 11.9 Å². The van der Waals surface area contributed by atoms with E-state index in [2.05, 4.69) is 18.6 Å². The molecule has 9 heavy (non-hydrogen) atoms. The number of hydrogen-bond donors (Lipinski definition) is 0. The fraction of sp³-hybridized carbons (Fsp3) is 0.500. The summed E-state index contributed by atoms with van der Waals surface area (Å²) >= 11 is 1.63. The van der Waals surface area contributed by atoms with E-state index < -0.39 is 0 Å². The highest BCUT2D eigenvalue weighted by molar-refractivity contribution is 8.17. The molecule has 0 aromatic heterocycles. The normalized spacial score (nSPS) is 18.7. The van der Waals surface area contributed by atoms with E-state index in [1.54, 1.807) is 11.8 Å². The molecule has 0 saturated carbocycles. The van der Waals surface area contributed by atoms with Gasteiger partial charge in [-0.3, -0.25) is 5.01 Å². The van der Waals surface area contributed by atoms with Gasteiger partial charge >= 0.3 is 0 Å². The van der Waals surface area contributed by atoms with Crippen LogP contribution in [0.5, 0.6) is 0 Å². The first-order chi connectivity index (χ1) is 4.24. The summed E-state index contributed by atoms with van der Waals surface area (Å²) in [7, 11) is 0. The number of hydrazone groups is 1. The van der Waals surface area contributed by atoms with Crippen molar-refractivity contribution < 1.29 is 0 Å². The predicted octanol–water partition coefficient (Wildman–Crippen LogP) is 1.86. The van der Waals surface area contributed by atoms with E-state index in [1.165, 1.54) is 0 Å². The van der Waals surface area contributed by atoms with Crippen molar-refractivity contribution in [2.24, 2.45) is 5.10 Å². The Morgan fingerprint density at radius 2 is 2.44 bits per heavy atom. The molecular formula is C6H10N2S. The first kappa shape index (κ1) is 6.68. The lowest BCUT2D eigenvalue weighted by Gasteiger charge is -2.09. The van der Waals surface area contributed by atoms with Gasteiger partial charge in [0.2, 0.25) is 0 Å². The largest absolute Gasteiger partial charge is 0.259 e. The summed E-state index contributed by atoms with van der Waals surface area (Å²) in [5, 5.41) is 8.23. The highest BCUT2D eigenvalue weighted by atomic mass is 32.2. The van der Waals surface area contributed by atoms with Gasteiger partial charge < -0.3 is 0 Å². The molecule has 0 bridgehead atoms. The van der Waals surface area contributed by atoms with Gasteiger partial charge in [-0.1, -0.05) is 18.3 Å². The topological polar surface area (TPSA) is 15.6 Å². The van der Waals surface area contributed by atoms with E-state index in [0.717, 1.165) is 16.6 Å². The summed E-state index contributed by atoms with van der Waals surface area (Å²) in [5.74, 6) is 0. The number of nitrogens with zero attached hydrogens (tertiary/aromatic N) is 2. The van der Waals surface area contributed by atoms with Crippen molar-refractivity contribution in [3.63, 3.8) is 0 Å². The monoisotopic (exact) mass is 142 g/mol. The van der Waals surface area contributed by atoms with Crippen molar-refractivity contribution >= 4 is 16.8 Å². The third-order valence-electron chi connectivity index (χ3n) is 1.11. The first-order valence-corrected chi connectivity index (χ1v) is 3.75. The Balaban J connectivity index is 2.64. The fourth-order valence-electron chi connectivity index (χ4n) is 0.716. The van der Waals surface area contributed by atoms with Crippen LogP contribution in [-0.4, -0.2) is 16.6 Å². The smallest absolute Gasteiger partial charge is 0.0968 e. The summed E-state index contributed by atoms with van der Waals surface area (Å²) in [4.78, 5) is 0. The minimum atomic E-state index is 0.920. The SMILES string of the molecule is C=C1SC(C)=NN1CC. The molecule has 0 atom stereocenters. The van der Waals surface area contributed by atoms with Crippen LogP contribution in [0.2, 0.25) is 0 Å². The number of rotatable bonds is 1. The highest BCUT2D eigenvalue weighted by Gasteiger charge is 2.13. The molecule has 0 fully saturated rings. The van der Waals surface area contributed by atoms with E-state index >= 15 is 0 Å². The summed E-state index contributed by atoms with van der Waals surface area (Å²) in [6.45, 7) is 8.81. The molecule has 0 N–H and O–H groups in total. The average Bonchev–Trinajstić information content (AvgIpc) is 2.10. The quantitative estimate of drug-likeness (QED) is 0.555. The molecule has 0 saturated heterocycles. The van der Waals surface area contributed by atoms with Crippen molar-refractivity contribution in [2.75, 3.05) is 6.54 Å². The molecule has 0 aromatic rings. The molecule has 50 valence electrons. The zero-order valence-corrected chi connectivity index (χ0v) is 6.53. The zero-order chi connectivity index (χ0) is 6.85. The third-order valence-corrected chi connectivity index (χ3v) is 1.94. The van der Waals surface area contributed by atoms with Crippen LogP contribution in [0.15, 0.2) is 16.7 Å². The van der Waals surface area contributed by atoms with Gasteiger partial charge in [0.25, 0.3) is 0 Å². The Labute approximate surface area is 59.6 Å². The van der Waals surface area contributed by atoms with Gasteiger partial charge in [-0.05, 0) is 13.8 Å². The van der Waals surface area contributed by atoms with Crippen molar-refractivity contribution in [3.8, 4) is 0 Å². The summed E-state index contributed by atoms with van der Waals surface area (Å²) < 4.78 is 0. The van der Waals surface area contributed by atoms with Crippen LogP contribution in [0.1, 0.15) is 13.8 Å². The summed E-state index contributed by atoms with van der Waals surface area (Å²) in [6.07, 6.45) is 0. The summed E-state index contributed by atoms with van der Waals surface area (Å²) in [6, 6.07) is 0. The molecule has 0 amide bonds. The number of thioether (sulfide) groups is 1. The highest BCUT2D eigenvalue weighted by Crippen LogP contribution is 2.26. The second-order valence-corrected chi connectivity index (χ2v) is 3.10. The fourth-order valence-corrected chi connectivity index (χ4v) is 1.47. The lowest BCUT2D eigenvalue weighted by atomic mass is 10.7. The lowest BCUT2D eigenvalue weighted by molar-refractivity contribution is 0.420. The molecule has 0 radical (unpaired) electrons. The second kappa shape index (κ2) is 2.43. The molecule has 1 heterocycles. The van der Waals surface area contributed by atoms with Gasteiger partial charge in [0.05, 0.1) is 10.1 Å². The minimum absolute atomic E-state index is 0.920. The van der Waals surface area contributed by atoms with E-state index in [0.29, 0.717) is 0 Å². The Bertz CT molecular complexity index is 162. The zero-order valence-electron chi connectivity index (χ0n) is 5.72. The third kappa shape index (κ3) is 1.27. The Morgan fingerprint density at radius 3 is 2.67 bits per heavy atom. The van der Waals surface area contributed by atoms with Crippen LogP contribution in [0.4, 0.5) is 0 Å². The van der Waals surface area contributed by atoms with Crippen LogP contribution in [-0.2, 0) is 0 Å². The van der Waals surface area contributed by atoms with Gasteiger partial charge in [-0.15, -0.1) is 0 Å². The minimum Gasteiger partial charge on any atom is -0.259 e. The molecule has 1 aliphatic heterocycles. The lowest BCUT2D eigenvalue weighted by Crippen LogP contribution is -2.08. The number of hydrogen-bond acceptors (Lipinski definition) is 3. The summed E-state index contributed by atoms with van der Waals surface area (Å²) in [5.41, 5.74) is 0. The maximum absolute atomic E-state index is 4.20. The molecular weight excluding hydrogens is 132 g/mol. The van der Waals surface area contributed by atoms with Gasteiger partial charge in [0.15, 0.2) is 0 Å². The van der Waals surface area contributed by atoms with Gasteiger partial charge in [-0.2, -0.15) is 5.10 Å². The van der Waals surface area contributed by atoms with E-state index in [9.17, 15) is 0 Å². The molecule has 0 spiro atoms. The van der Waals surface area contributed by atoms with Crippen LogP contribution in [0, 0.1) is 0 Å². The van der Waals surface area contributed by atoms with Crippen molar-refractivity contribution in [1.82, 2.24) is 5.01 Å². The molecule has 1 aliphatic rings. The van der Waals surface area contributed by atoms with Gasteiger partial charge in [0.1, 0.15) is 0 Å². The molecule has 3 heteroatoms. The van der Waals surface area contributed by atoms with E-state index in [4.69, 9.17) is 0 Å². The maximum atomic E-state index is 4.20. The van der Waals surface area contributed by atoms with Gasteiger partial charge in [-0.25, -0.2) is 0 Å². The van der Waals surface area contributed by atoms with Crippen LogP contribution < -0.4 is 0 Å². The molecule has 0 aromatic carbocycles. The molecule has 1 rings (SSSR count). The Kier molecular flexibility index (Phi) is 1.81. The first-order valence-electron chi connectivity index (χ1n) is 2.93.